The van der Waals surface area contributed by atoms with E-state index >= 15 is 0 Å². The minimum Gasteiger partial charge on any atom is -0.512 e. The number of carbonyl (C=O) groups excluding carboxylic acids is 2. The summed E-state index contributed by atoms with van der Waals surface area (Å²) >= 11 is 0. The van der Waals surface area contributed by atoms with Gasteiger partial charge in [0.25, 0.3) is 0 Å². The van der Waals surface area contributed by atoms with Crippen molar-refractivity contribution in [1.82, 2.24) is 10.2 Å². The van der Waals surface area contributed by atoms with Gasteiger partial charge in [0.1, 0.15) is 0 Å². The number of allylic oxidation sites excluding steroid dienone is 5. The fourth-order valence-corrected chi connectivity index (χ4v) is 5.74. The molecule has 28 heavy (non-hydrogen) atoms. The molecule has 3 aliphatic carbocycles. The third kappa shape index (κ3) is 3.51. The molecule has 0 aromatic heterocycles. The first-order valence-electron chi connectivity index (χ1n) is 10.6. The van der Waals surface area contributed by atoms with Crippen LogP contribution in [-0.4, -0.2) is 28.4 Å². The second-order valence-corrected chi connectivity index (χ2v) is 9.86. The number of amides is 2. The molecule has 0 spiro atoms. The summed E-state index contributed by atoms with van der Waals surface area (Å²) in [7, 11) is 0. The molecular weight excluding hydrogens is 352 g/mol. The number of aliphatic hydroxyl groups excluding tert-OH is 1. The van der Waals surface area contributed by atoms with Crippen molar-refractivity contribution in [2.75, 3.05) is 6.54 Å². The Hall–Kier alpha value is -2.04. The second-order valence-electron chi connectivity index (χ2n) is 9.86. The molecule has 0 aromatic carbocycles. The van der Waals surface area contributed by atoms with E-state index in [0.717, 1.165) is 11.4 Å². The van der Waals surface area contributed by atoms with Crippen LogP contribution >= 0.6 is 0 Å². The van der Waals surface area contributed by atoms with Gasteiger partial charge in [-0.25, -0.2) is 0 Å². The van der Waals surface area contributed by atoms with Gasteiger partial charge in [-0.2, -0.15) is 0 Å². The zero-order valence-electron chi connectivity index (χ0n) is 17.0. The van der Waals surface area contributed by atoms with Gasteiger partial charge in [0, 0.05) is 42.6 Å². The summed E-state index contributed by atoms with van der Waals surface area (Å²) in [6.07, 6.45) is 9.42. The van der Waals surface area contributed by atoms with E-state index < -0.39 is 0 Å². The predicted molar refractivity (Wildman–Crippen MR) is 108 cm³/mol. The molecule has 4 unspecified atom stereocenters. The monoisotopic (exact) mass is 384 g/mol. The lowest BCUT2D eigenvalue weighted by molar-refractivity contribution is -0.132. The normalized spacial score (nSPS) is 31.7. The van der Waals surface area contributed by atoms with E-state index in [-0.39, 0.29) is 23.1 Å². The zero-order valence-corrected chi connectivity index (χ0v) is 17.0. The Balaban J connectivity index is 1.31. The molecule has 2 saturated carbocycles. The van der Waals surface area contributed by atoms with Crippen molar-refractivity contribution in [3.8, 4) is 0 Å². The van der Waals surface area contributed by atoms with Gasteiger partial charge in [-0.15, -0.1) is 0 Å². The number of nitrogens with one attached hydrogen (secondary N) is 1. The Morgan fingerprint density at radius 1 is 1.25 bits per heavy atom. The summed E-state index contributed by atoms with van der Waals surface area (Å²) in [6.45, 7) is 9.20. The van der Waals surface area contributed by atoms with Crippen LogP contribution in [0, 0.1) is 29.1 Å². The zero-order chi connectivity index (χ0) is 20.1. The fraction of sp³-hybridized carbons (Fsp3) is 0.652. The maximum atomic E-state index is 13.0. The SMILES string of the molecule is C=C1C2C3CCC(C3)C2C(=O)N1CC(C)(C)CCC(=O)NC1=CC=C(O)CC1. The van der Waals surface area contributed by atoms with Crippen molar-refractivity contribution in [2.45, 2.75) is 58.8 Å². The van der Waals surface area contributed by atoms with Crippen LogP contribution in [0.25, 0.3) is 0 Å². The topological polar surface area (TPSA) is 69.6 Å². The summed E-state index contributed by atoms with van der Waals surface area (Å²) in [5.41, 5.74) is 1.73. The molecule has 2 amide bonds. The third-order valence-electron chi connectivity index (χ3n) is 7.24. The van der Waals surface area contributed by atoms with Crippen molar-refractivity contribution in [3.05, 3.63) is 35.9 Å². The molecule has 4 atom stereocenters. The van der Waals surface area contributed by atoms with Crippen LogP contribution in [0.4, 0.5) is 0 Å². The van der Waals surface area contributed by atoms with Crippen LogP contribution in [0.1, 0.15) is 58.8 Å². The molecular formula is C23H32N2O3. The molecule has 3 fully saturated rings. The molecule has 1 heterocycles. The first-order valence-corrected chi connectivity index (χ1v) is 10.6. The first kappa shape index (κ1) is 19.3. The number of rotatable bonds is 6. The van der Waals surface area contributed by atoms with E-state index in [1.165, 1.54) is 19.3 Å². The average Bonchev–Trinajstić information content (AvgIpc) is 3.32. The minimum absolute atomic E-state index is 0.00407. The number of hydrogen-bond donors (Lipinski definition) is 2. The number of fused-ring (bicyclic) bond motifs is 5. The van der Waals surface area contributed by atoms with E-state index in [1.54, 1.807) is 12.2 Å². The van der Waals surface area contributed by atoms with E-state index in [0.29, 0.717) is 55.7 Å². The van der Waals surface area contributed by atoms with Gasteiger partial charge in [0.2, 0.25) is 11.8 Å². The summed E-state index contributed by atoms with van der Waals surface area (Å²) < 4.78 is 0. The maximum absolute atomic E-state index is 13.0. The molecule has 2 N–H and O–H groups in total. The Morgan fingerprint density at radius 3 is 2.61 bits per heavy atom. The van der Waals surface area contributed by atoms with Crippen molar-refractivity contribution < 1.29 is 14.7 Å². The highest BCUT2D eigenvalue weighted by Gasteiger charge is 2.58. The highest BCUT2D eigenvalue weighted by atomic mass is 16.3. The van der Waals surface area contributed by atoms with Crippen LogP contribution in [0.5, 0.6) is 0 Å². The molecule has 5 heteroatoms. The molecule has 1 saturated heterocycles. The summed E-state index contributed by atoms with van der Waals surface area (Å²) in [6, 6.07) is 0. The molecule has 5 nitrogen and oxygen atoms in total. The summed E-state index contributed by atoms with van der Waals surface area (Å²) in [5.74, 6) is 2.39. The maximum Gasteiger partial charge on any atom is 0.230 e. The molecule has 2 bridgehead atoms. The smallest absolute Gasteiger partial charge is 0.230 e. The third-order valence-corrected chi connectivity index (χ3v) is 7.24. The Kier molecular flexibility index (Phi) is 4.88. The van der Waals surface area contributed by atoms with Crippen molar-refractivity contribution >= 4 is 11.8 Å². The van der Waals surface area contributed by atoms with Gasteiger partial charge >= 0.3 is 0 Å². The standard InChI is InChI=1S/C23H32N2O3/c1-14-20-15-4-5-16(12-15)21(20)22(28)25(14)13-23(2,3)11-10-19(27)24-17-6-8-18(26)9-7-17/h6,8,15-16,20-21,26H,1,4-5,7,9-13H2,2-3H3,(H,24,27). The summed E-state index contributed by atoms with van der Waals surface area (Å²) in [4.78, 5) is 27.3. The molecule has 1 aliphatic heterocycles. The second kappa shape index (κ2) is 7.09. The Bertz CT molecular complexity index is 736. The Labute approximate surface area is 167 Å². The number of carbonyl (C=O) groups is 2. The van der Waals surface area contributed by atoms with E-state index in [2.05, 4.69) is 25.7 Å². The lowest BCUT2D eigenvalue weighted by Crippen LogP contribution is -2.37. The van der Waals surface area contributed by atoms with Crippen LogP contribution < -0.4 is 5.32 Å². The van der Waals surface area contributed by atoms with E-state index in [4.69, 9.17) is 0 Å². The van der Waals surface area contributed by atoms with Gasteiger partial charge in [0.15, 0.2) is 0 Å². The lowest BCUT2D eigenvalue weighted by Gasteiger charge is -2.32. The Morgan fingerprint density at radius 2 is 1.96 bits per heavy atom. The van der Waals surface area contributed by atoms with Gasteiger partial charge < -0.3 is 15.3 Å². The average molecular weight is 385 g/mol. The highest BCUT2D eigenvalue weighted by molar-refractivity contribution is 5.85. The fourth-order valence-electron chi connectivity index (χ4n) is 5.74. The van der Waals surface area contributed by atoms with Crippen LogP contribution in [0.3, 0.4) is 0 Å². The highest BCUT2D eigenvalue weighted by Crippen LogP contribution is 2.59. The van der Waals surface area contributed by atoms with Crippen molar-refractivity contribution in [3.63, 3.8) is 0 Å². The largest absolute Gasteiger partial charge is 0.512 e. The first-order chi connectivity index (χ1) is 13.2. The molecule has 152 valence electrons. The van der Waals surface area contributed by atoms with E-state index in [9.17, 15) is 14.7 Å². The van der Waals surface area contributed by atoms with Gasteiger partial charge in [-0.05, 0) is 61.5 Å². The predicted octanol–water partition coefficient (Wildman–Crippen LogP) is 4.05. The van der Waals surface area contributed by atoms with Gasteiger partial charge in [-0.1, -0.05) is 20.4 Å². The lowest BCUT2D eigenvalue weighted by atomic mass is 9.80. The van der Waals surface area contributed by atoms with Crippen molar-refractivity contribution in [1.29, 1.82) is 0 Å². The molecule has 0 radical (unpaired) electrons. The number of nitrogens with zero attached hydrogens (tertiary/aromatic N) is 1. The van der Waals surface area contributed by atoms with Gasteiger partial charge in [0.05, 0.1) is 5.76 Å². The van der Waals surface area contributed by atoms with Crippen LogP contribution in [0.15, 0.2) is 35.9 Å². The number of aliphatic hydroxyl groups is 1. The number of likely N-dealkylation sites (tertiary alicyclic amines) is 1. The van der Waals surface area contributed by atoms with Crippen LogP contribution in [-0.2, 0) is 9.59 Å². The molecule has 0 aromatic rings. The van der Waals surface area contributed by atoms with Crippen molar-refractivity contribution in [2.24, 2.45) is 29.1 Å². The number of hydrogen-bond acceptors (Lipinski definition) is 3. The van der Waals surface area contributed by atoms with Gasteiger partial charge in [-0.3, -0.25) is 9.59 Å². The van der Waals surface area contributed by atoms with E-state index in [1.807, 2.05) is 4.90 Å². The molecule has 4 rings (SSSR count). The summed E-state index contributed by atoms with van der Waals surface area (Å²) in [5, 5.41) is 12.4. The minimum atomic E-state index is -0.146. The molecule has 4 aliphatic rings. The quantitative estimate of drug-likeness (QED) is 0.726. The van der Waals surface area contributed by atoms with Crippen LogP contribution in [0.2, 0.25) is 0 Å².